The summed E-state index contributed by atoms with van der Waals surface area (Å²) in [6, 6.07) is 5.19. The fourth-order valence-electron chi connectivity index (χ4n) is 1.71. The van der Waals surface area contributed by atoms with Crippen molar-refractivity contribution in [2.75, 3.05) is 13.2 Å². The summed E-state index contributed by atoms with van der Waals surface area (Å²) in [6.45, 7) is 6.35. The van der Waals surface area contributed by atoms with E-state index in [4.69, 9.17) is 4.74 Å². The molecule has 0 bridgehead atoms. The Morgan fingerprint density at radius 2 is 2.15 bits per heavy atom. The van der Waals surface area contributed by atoms with E-state index in [1.807, 2.05) is 19.9 Å². The molecule has 0 aromatic heterocycles. The summed E-state index contributed by atoms with van der Waals surface area (Å²) in [5, 5.41) is 14.1. The molecule has 0 atom stereocenters. The molecule has 0 amide bonds. The molecule has 1 aromatic carbocycles. The van der Waals surface area contributed by atoms with Crippen LogP contribution in [0.3, 0.4) is 0 Å². The van der Waals surface area contributed by atoms with Crippen LogP contribution in [0.1, 0.15) is 32.3 Å². The first-order valence-electron chi connectivity index (χ1n) is 6.76. The monoisotopic (exact) mass is 344 g/mol. The predicted octanol–water partition coefficient (Wildman–Crippen LogP) is 3.65. The number of nitro groups is 1. The molecule has 5 nitrogen and oxygen atoms in total. The molecule has 0 aliphatic carbocycles. The summed E-state index contributed by atoms with van der Waals surface area (Å²) in [5.74, 6) is 0. The Balaban J connectivity index is 2.25. The zero-order valence-electron chi connectivity index (χ0n) is 11.9. The smallest absolute Gasteiger partial charge is 0.283 e. The predicted molar refractivity (Wildman–Crippen MR) is 82.8 cm³/mol. The van der Waals surface area contributed by atoms with Crippen LogP contribution in [0.4, 0.5) is 5.69 Å². The first-order valence-corrected chi connectivity index (χ1v) is 7.55. The second-order valence-electron chi connectivity index (χ2n) is 4.85. The molecule has 6 heteroatoms. The summed E-state index contributed by atoms with van der Waals surface area (Å²) < 4.78 is 5.97. The lowest BCUT2D eigenvalue weighted by Gasteiger charge is -2.08. The normalized spacial score (nSPS) is 11.0. The van der Waals surface area contributed by atoms with Gasteiger partial charge in [0.25, 0.3) is 5.69 Å². The van der Waals surface area contributed by atoms with Crippen molar-refractivity contribution in [3.05, 3.63) is 38.3 Å². The van der Waals surface area contributed by atoms with E-state index in [1.165, 1.54) is 0 Å². The second kappa shape index (κ2) is 9.05. The van der Waals surface area contributed by atoms with Gasteiger partial charge in [-0.15, -0.1) is 0 Å². The van der Waals surface area contributed by atoms with Crippen LogP contribution in [0.25, 0.3) is 0 Å². The molecule has 0 aliphatic heterocycles. The molecular weight excluding hydrogens is 324 g/mol. The summed E-state index contributed by atoms with van der Waals surface area (Å²) in [6.07, 6.45) is 2.34. The zero-order chi connectivity index (χ0) is 15.0. The average molecular weight is 345 g/mol. The molecule has 0 fully saturated rings. The SMILES string of the molecule is CC(C)OCCCCNCc1ccc(Br)c([N+](=O)[O-])c1. The highest BCUT2D eigenvalue weighted by atomic mass is 79.9. The largest absolute Gasteiger partial charge is 0.379 e. The fourth-order valence-corrected chi connectivity index (χ4v) is 2.10. The van der Waals surface area contributed by atoms with E-state index in [0.29, 0.717) is 11.0 Å². The molecule has 0 spiro atoms. The van der Waals surface area contributed by atoms with Crippen LogP contribution < -0.4 is 5.32 Å². The van der Waals surface area contributed by atoms with Crippen molar-refractivity contribution in [3.8, 4) is 0 Å². The molecule has 0 aliphatic rings. The van der Waals surface area contributed by atoms with E-state index in [0.717, 1.165) is 31.6 Å². The number of halogens is 1. The van der Waals surface area contributed by atoms with Gasteiger partial charge in [-0.3, -0.25) is 10.1 Å². The van der Waals surface area contributed by atoms with Crippen molar-refractivity contribution < 1.29 is 9.66 Å². The molecule has 0 radical (unpaired) electrons. The van der Waals surface area contributed by atoms with E-state index in [9.17, 15) is 10.1 Å². The molecule has 20 heavy (non-hydrogen) atoms. The van der Waals surface area contributed by atoms with Gasteiger partial charge in [0.15, 0.2) is 0 Å². The summed E-state index contributed by atoms with van der Waals surface area (Å²) in [7, 11) is 0. The number of rotatable bonds is 9. The summed E-state index contributed by atoms with van der Waals surface area (Å²) in [4.78, 5) is 10.4. The maximum atomic E-state index is 10.8. The maximum Gasteiger partial charge on any atom is 0.283 e. The summed E-state index contributed by atoms with van der Waals surface area (Å²) >= 11 is 3.18. The van der Waals surface area contributed by atoms with Crippen LogP contribution in [0.2, 0.25) is 0 Å². The molecular formula is C14H21BrN2O3. The van der Waals surface area contributed by atoms with Gasteiger partial charge in [-0.05, 0) is 60.8 Å². The van der Waals surface area contributed by atoms with Crippen LogP contribution in [-0.2, 0) is 11.3 Å². The highest BCUT2D eigenvalue weighted by Gasteiger charge is 2.11. The molecule has 0 heterocycles. The van der Waals surface area contributed by atoms with Gasteiger partial charge in [-0.2, -0.15) is 0 Å². The molecule has 0 unspecified atom stereocenters. The Morgan fingerprint density at radius 3 is 2.80 bits per heavy atom. The molecule has 1 aromatic rings. The zero-order valence-corrected chi connectivity index (χ0v) is 13.5. The van der Waals surface area contributed by atoms with Gasteiger partial charge in [-0.25, -0.2) is 0 Å². The standard InChI is InChI=1S/C14H21BrN2O3/c1-11(2)20-8-4-3-7-16-10-12-5-6-13(15)14(9-12)17(18)19/h5-6,9,11,16H,3-4,7-8,10H2,1-2H3. The topological polar surface area (TPSA) is 64.4 Å². The van der Waals surface area contributed by atoms with E-state index >= 15 is 0 Å². The number of unbranched alkanes of at least 4 members (excludes halogenated alkanes) is 1. The van der Waals surface area contributed by atoms with Crippen LogP contribution in [0, 0.1) is 10.1 Å². The van der Waals surface area contributed by atoms with Crippen molar-refractivity contribution in [2.45, 2.75) is 39.3 Å². The highest BCUT2D eigenvalue weighted by molar-refractivity contribution is 9.10. The van der Waals surface area contributed by atoms with Crippen molar-refractivity contribution >= 4 is 21.6 Å². The van der Waals surface area contributed by atoms with Gasteiger partial charge >= 0.3 is 0 Å². The second-order valence-corrected chi connectivity index (χ2v) is 5.70. The number of benzene rings is 1. The molecule has 1 rings (SSSR count). The first-order chi connectivity index (χ1) is 9.50. The lowest BCUT2D eigenvalue weighted by molar-refractivity contribution is -0.385. The van der Waals surface area contributed by atoms with Crippen LogP contribution in [0.15, 0.2) is 22.7 Å². The van der Waals surface area contributed by atoms with E-state index in [2.05, 4.69) is 21.2 Å². The van der Waals surface area contributed by atoms with Gasteiger partial charge in [0.1, 0.15) is 0 Å². The van der Waals surface area contributed by atoms with Gasteiger partial charge in [0, 0.05) is 19.2 Å². The molecule has 1 N–H and O–H groups in total. The lowest BCUT2D eigenvalue weighted by atomic mass is 10.2. The number of hydrogen-bond acceptors (Lipinski definition) is 4. The molecule has 0 saturated heterocycles. The van der Waals surface area contributed by atoms with Crippen molar-refractivity contribution in [3.63, 3.8) is 0 Å². The Bertz CT molecular complexity index is 438. The number of hydrogen-bond donors (Lipinski definition) is 1. The lowest BCUT2D eigenvalue weighted by Crippen LogP contribution is -2.15. The van der Waals surface area contributed by atoms with Crippen molar-refractivity contribution in [2.24, 2.45) is 0 Å². The number of nitrogens with zero attached hydrogens (tertiary/aromatic N) is 1. The third-order valence-corrected chi connectivity index (χ3v) is 3.41. The molecule has 112 valence electrons. The van der Waals surface area contributed by atoms with E-state index in [-0.39, 0.29) is 16.7 Å². The summed E-state index contributed by atoms with van der Waals surface area (Å²) in [5.41, 5.74) is 1.02. The average Bonchev–Trinajstić information content (AvgIpc) is 2.38. The minimum Gasteiger partial charge on any atom is -0.379 e. The third-order valence-electron chi connectivity index (χ3n) is 2.74. The van der Waals surface area contributed by atoms with E-state index < -0.39 is 0 Å². The van der Waals surface area contributed by atoms with Crippen LogP contribution in [-0.4, -0.2) is 24.2 Å². The van der Waals surface area contributed by atoms with E-state index in [1.54, 1.807) is 12.1 Å². The number of nitro benzene ring substituents is 1. The van der Waals surface area contributed by atoms with Crippen LogP contribution >= 0.6 is 15.9 Å². The Morgan fingerprint density at radius 1 is 1.40 bits per heavy atom. The first kappa shape index (κ1) is 17.1. The van der Waals surface area contributed by atoms with Crippen molar-refractivity contribution in [1.29, 1.82) is 0 Å². The Labute approximate surface area is 128 Å². The third kappa shape index (κ3) is 6.45. The Hall–Kier alpha value is -0.980. The maximum absolute atomic E-state index is 10.8. The fraction of sp³-hybridized carbons (Fsp3) is 0.571. The van der Waals surface area contributed by atoms with Gasteiger partial charge in [0.05, 0.1) is 15.5 Å². The van der Waals surface area contributed by atoms with Gasteiger partial charge < -0.3 is 10.1 Å². The minimum atomic E-state index is -0.378. The number of nitrogens with one attached hydrogen (secondary N) is 1. The minimum absolute atomic E-state index is 0.106. The van der Waals surface area contributed by atoms with Crippen LogP contribution in [0.5, 0.6) is 0 Å². The van der Waals surface area contributed by atoms with Gasteiger partial charge in [0.2, 0.25) is 0 Å². The van der Waals surface area contributed by atoms with Crippen molar-refractivity contribution in [1.82, 2.24) is 5.32 Å². The quantitative estimate of drug-likeness (QED) is 0.421. The van der Waals surface area contributed by atoms with Gasteiger partial charge in [-0.1, -0.05) is 6.07 Å². The molecule has 0 saturated carbocycles. The highest BCUT2D eigenvalue weighted by Crippen LogP contribution is 2.25. The number of ether oxygens (including phenoxy) is 1. The Kier molecular flexibility index (Phi) is 7.72.